The average molecular weight is 245 g/mol. The molecule has 90 valence electrons. The van der Waals surface area contributed by atoms with Crippen LogP contribution in [-0.2, 0) is 10.0 Å². The fourth-order valence-corrected chi connectivity index (χ4v) is 1.79. The van der Waals surface area contributed by atoms with Gasteiger partial charge in [-0.15, -0.1) is 0 Å². The second-order valence-corrected chi connectivity index (χ2v) is 5.13. The molecule has 1 rings (SSSR count). The van der Waals surface area contributed by atoms with Crippen LogP contribution in [-0.4, -0.2) is 26.2 Å². The molecular weight excluding hydrogens is 230 g/mol. The van der Waals surface area contributed by atoms with Gasteiger partial charge in [0.15, 0.2) is 0 Å². The summed E-state index contributed by atoms with van der Waals surface area (Å²) >= 11 is 0. The molecule has 7 heteroatoms. The molecule has 0 aliphatic rings. The van der Waals surface area contributed by atoms with E-state index in [0.717, 1.165) is 0 Å². The molecule has 0 saturated heterocycles. The Labute approximate surface area is 94.3 Å². The van der Waals surface area contributed by atoms with Crippen LogP contribution >= 0.6 is 0 Å². The minimum Gasteiger partial charge on any atom is -0.399 e. The molecule has 6 nitrogen and oxygen atoms in total. The topological polar surface area (TPSA) is 118 Å². The molecular formula is C9H15N3O3S. The second kappa shape index (κ2) is 4.69. The van der Waals surface area contributed by atoms with Gasteiger partial charge in [-0.1, -0.05) is 0 Å². The highest BCUT2D eigenvalue weighted by Gasteiger charge is 2.10. The zero-order valence-corrected chi connectivity index (χ0v) is 9.66. The van der Waals surface area contributed by atoms with Gasteiger partial charge in [0.1, 0.15) is 0 Å². The second-order valence-electron chi connectivity index (χ2n) is 3.56. The molecule has 1 atom stereocenters. The first-order valence-corrected chi connectivity index (χ1v) is 6.18. The molecule has 0 heterocycles. The zero-order valence-electron chi connectivity index (χ0n) is 8.84. The van der Waals surface area contributed by atoms with Gasteiger partial charge in [0, 0.05) is 17.4 Å². The van der Waals surface area contributed by atoms with Crippen molar-refractivity contribution in [2.45, 2.75) is 17.9 Å². The number of anilines is 2. The number of aliphatic hydroxyl groups is 1. The van der Waals surface area contributed by atoms with Crippen LogP contribution in [0.25, 0.3) is 0 Å². The first kappa shape index (κ1) is 12.8. The van der Waals surface area contributed by atoms with E-state index in [0.29, 0.717) is 11.4 Å². The maximum atomic E-state index is 11.1. The molecule has 0 aliphatic heterocycles. The van der Waals surface area contributed by atoms with Crippen molar-refractivity contribution in [2.75, 3.05) is 17.7 Å². The van der Waals surface area contributed by atoms with Crippen LogP contribution in [0.4, 0.5) is 11.4 Å². The number of sulfonamides is 1. The van der Waals surface area contributed by atoms with Gasteiger partial charge >= 0.3 is 0 Å². The number of nitrogens with two attached hydrogens (primary N) is 2. The molecule has 0 spiro atoms. The summed E-state index contributed by atoms with van der Waals surface area (Å²) in [5.74, 6) is 0. The number of benzene rings is 1. The number of primary sulfonamides is 1. The molecule has 0 aromatic heterocycles. The molecule has 1 unspecified atom stereocenters. The third-order valence-electron chi connectivity index (χ3n) is 1.94. The monoisotopic (exact) mass is 245 g/mol. The Morgan fingerprint density at radius 3 is 2.56 bits per heavy atom. The van der Waals surface area contributed by atoms with Crippen LogP contribution < -0.4 is 16.2 Å². The minimum atomic E-state index is -3.77. The quantitative estimate of drug-likeness (QED) is 0.543. The van der Waals surface area contributed by atoms with Crippen molar-refractivity contribution in [1.82, 2.24) is 0 Å². The van der Waals surface area contributed by atoms with E-state index in [9.17, 15) is 8.42 Å². The van der Waals surface area contributed by atoms with Crippen molar-refractivity contribution in [1.29, 1.82) is 0 Å². The van der Waals surface area contributed by atoms with Crippen molar-refractivity contribution in [2.24, 2.45) is 5.14 Å². The SMILES string of the molecule is CC(CO)Nc1cc(N)cc(S(N)(=O)=O)c1. The van der Waals surface area contributed by atoms with Gasteiger partial charge in [-0.3, -0.25) is 0 Å². The number of nitrogen functional groups attached to an aromatic ring is 1. The summed E-state index contributed by atoms with van der Waals surface area (Å²) in [7, 11) is -3.77. The third-order valence-corrected chi connectivity index (χ3v) is 2.84. The summed E-state index contributed by atoms with van der Waals surface area (Å²) in [6, 6.07) is 4.03. The van der Waals surface area contributed by atoms with E-state index in [1.165, 1.54) is 12.1 Å². The Hall–Kier alpha value is -1.31. The minimum absolute atomic E-state index is 0.0554. The van der Waals surface area contributed by atoms with E-state index in [1.807, 2.05) is 0 Å². The smallest absolute Gasteiger partial charge is 0.238 e. The van der Waals surface area contributed by atoms with Gasteiger partial charge in [0.2, 0.25) is 10.0 Å². The molecule has 16 heavy (non-hydrogen) atoms. The standard InChI is InChI=1S/C9H15N3O3S/c1-6(5-13)12-8-2-7(10)3-9(4-8)16(11,14)15/h2-4,6,12-13H,5,10H2,1H3,(H2,11,14,15). The Morgan fingerprint density at radius 1 is 1.44 bits per heavy atom. The van der Waals surface area contributed by atoms with Gasteiger partial charge in [0.25, 0.3) is 0 Å². The van der Waals surface area contributed by atoms with Crippen molar-refractivity contribution in [3.05, 3.63) is 18.2 Å². The van der Waals surface area contributed by atoms with E-state index in [1.54, 1.807) is 13.0 Å². The molecule has 1 aromatic rings. The van der Waals surface area contributed by atoms with E-state index < -0.39 is 10.0 Å². The van der Waals surface area contributed by atoms with Gasteiger partial charge in [-0.2, -0.15) is 0 Å². The molecule has 0 radical (unpaired) electrons. The van der Waals surface area contributed by atoms with Gasteiger partial charge in [0.05, 0.1) is 11.5 Å². The van der Waals surface area contributed by atoms with E-state index in [2.05, 4.69) is 5.32 Å². The fourth-order valence-electron chi connectivity index (χ4n) is 1.20. The van der Waals surface area contributed by atoms with Gasteiger partial charge in [-0.25, -0.2) is 13.6 Å². The summed E-state index contributed by atoms with van der Waals surface area (Å²) in [6.07, 6.45) is 0. The maximum Gasteiger partial charge on any atom is 0.238 e. The van der Waals surface area contributed by atoms with Crippen LogP contribution in [0.1, 0.15) is 6.92 Å². The van der Waals surface area contributed by atoms with Gasteiger partial charge in [-0.05, 0) is 25.1 Å². The highest BCUT2D eigenvalue weighted by molar-refractivity contribution is 7.89. The lowest BCUT2D eigenvalue weighted by Crippen LogP contribution is -2.20. The highest BCUT2D eigenvalue weighted by atomic mass is 32.2. The zero-order chi connectivity index (χ0) is 12.3. The molecule has 0 aliphatic carbocycles. The van der Waals surface area contributed by atoms with Crippen molar-refractivity contribution >= 4 is 21.4 Å². The Balaban J connectivity index is 3.09. The van der Waals surface area contributed by atoms with Crippen LogP contribution in [0.15, 0.2) is 23.1 Å². The third kappa shape index (κ3) is 3.37. The Bertz CT molecular complexity index is 473. The van der Waals surface area contributed by atoms with E-state index >= 15 is 0 Å². The summed E-state index contributed by atoms with van der Waals surface area (Å²) in [5.41, 5.74) is 6.35. The summed E-state index contributed by atoms with van der Waals surface area (Å²) < 4.78 is 22.3. The number of hydrogen-bond donors (Lipinski definition) is 4. The predicted molar refractivity (Wildman–Crippen MR) is 62.4 cm³/mol. The molecule has 1 aromatic carbocycles. The summed E-state index contributed by atoms with van der Waals surface area (Å²) in [5, 5.41) is 16.8. The van der Waals surface area contributed by atoms with Crippen LogP contribution in [0.3, 0.4) is 0 Å². The van der Waals surface area contributed by atoms with Crippen molar-refractivity contribution in [3.63, 3.8) is 0 Å². The Morgan fingerprint density at radius 2 is 2.06 bits per heavy atom. The Kier molecular flexibility index (Phi) is 3.74. The lowest BCUT2D eigenvalue weighted by atomic mass is 10.2. The normalized spacial score (nSPS) is 13.4. The predicted octanol–water partition coefficient (Wildman–Crippen LogP) is -0.291. The molecule has 0 saturated carbocycles. The number of nitrogens with one attached hydrogen (secondary N) is 1. The number of rotatable bonds is 4. The van der Waals surface area contributed by atoms with Crippen LogP contribution in [0, 0.1) is 0 Å². The average Bonchev–Trinajstić information content (AvgIpc) is 2.15. The lowest BCUT2D eigenvalue weighted by molar-refractivity contribution is 0.281. The van der Waals surface area contributed by atoms with Crippen LogP contribution in [0.5, 0.6) is 0 Å². The van der Waals surface area contributed by atoms with Gasteiger partial charge < -0.3 is 16.2 Å². The highest BCUT2D eigenvalue weighted by Crippen LogP contribution is 2.20. The largest absolute Gasteiger partial charge is 0.399 e. The fraction of sp³-hybridized carbons (Fsp3) is 0.333. The first-order chi connectivity index (χ1) is 7.32. The van der Waals surface area contributed by atoms with E-state index in [4.69, 9.17) is 16.0 Å². The molecule has 6 N–H and O–H groups in total. The van der Waals surface area contributed by atoms with Crippen LogP contribution in [0.2, 0.25) is 0 Å². The molecule has 0 amide bonds. The summed E-state index contributed by atoms with van der Waals surface area (Å²) in [4.78, 5) is -0.0554. The molecule has 0 fully saturated rings. The van der Waals surface area contributed by atoms with Crippen molar-refractivity contribution in [3.8, 4) is 0 Å². The number of aliphatic hydroxyl groups excluding tert-OH is 1. The maximum absolute atomic E-state index is 11.1. The number of hydrogen-bond acceptors (Lipinski definition) is 5. The van der Waals surface area contributed by atoms with Crippen molar-refractivity contribution < 1.29 is 13.5 Å². The lowest BCUT2D eigenvalue weighted by Gasteiger charge is -2.13. The first-order valence-electron chi connectivity index (χ1n) is 4.63. The molecule has 0 bridgehead atoms. The summed E-state index contributed by atoms with van der Waals surface area (Å²) in [6.45, 7) is 1.68. The van der Waals surface area contributed by atoms with E-state index in [-0.39, 0.29) is 17.5 Å².